The lowest BCUT2D eigenvalue weighted by atomic mass is 10.0. The zero-order chi connectivity index (χ0) is 16.7. The number of fused-ring (bicyclic) bond motifs is 1. The predicted molar refractivity (Wildman–Crippen MR) is 101 cm³/mol. The Morgan fingerprint density at radius 2 is 2.04 bits per heavy atom. The van der Waals surface area contributed by atoms with Crippen LogP contribution in [0.3, 0.4) is 0 Å². The van der Waals surface area contributed by atoms with Crippen molar-refractivity contribution in [2.75, 3.05) is 0 Å². The number of nitrogens with zero attached hydrogens (tertiary/aromatic N) is 4. The second-order valence-electron chi connectivity index (χ2n) is 5.50. The van der Waals surface area contributed by atoms with Crippen molar-refractivity contribution in [2.24, 2.45) is 0 Å². The van der Waals surface area contributed by atoms with Gasteiger partial charge < -0.3 is 9.55 Å². The number of aromatic nitrogens is 4. The number of halogens is 1. The summed E-state index contributed by atoms with van der Waals surface area (Å²) in [6, 6.07) is 10.5. The number of aromatic amines is 1. The van der Waals surface area contributed by atoms with Crippen LogP contribution >= 0.6 is 22.6 Å². The lowest BCUT2D eigenvalue weighted by Gasteiger charge is -2.05. The van der Waals surface area contributed by atoms with E-state index < -0.39 is 0 Å². The van der Waals surface area contributed by atoms with Crippen LogP contribution < -0.4 is 0 Å². The molecule has 24 heavy (non-hydrogen) atoms. The van der Waals surface area contributed by atoms with Crippen LogP contribution in [0.2, 0.25) is 0 Å². The molecule has 0 aliphatic rings. The van der Waals surface area contributed by atoms with Crippen molar-refractivity contribution in [3.63, 3.8) is 0 Å². The number of aryl methyl sites for hydroxylation is 1. The smallest absolute Gasteiger partial charge is 0.149 e. The van der Waals surface area contributed by atoms with Crippen LogP contribution in [-0.4, -0.2) is 19.5 Å². The molecular weight excluding hydrogens is 413 g/mol. The van der Waals surface area contributed by atoms with Crippen molar-refractivity contribution in [2.45, 2.75) is 6.92 Å². The molecule has 0 aliphatic carbocycles. The van der Waals surface area contributed by atoms with Crippen molar-refractivity contribution in [1.82, 2.24) is 19.5 Å². The Balaban J connectivity index is 1.95. The second kappa shape index (κ2) is 5.76. The molecule has 4 rings (SSSR count). The van der Waals surface area contributed by atoms with Gasteiger partial charge in [-0.2, -0.15) is 5.26 Å². The zero-order valence-corrected chi connectivity index (χ0v) is 14.9. The van der Waals surface area contributed by atoms with Gasteiger partial charge >= 0.3 is 0 Å². The lowest BCUT2D eigenvalue weighted by Crippen LogP contribution is -1.95. The molecule has 6 heteroatoms. The molecule has 5 nitrogen and oxygen atoms in total. The van der Waals surface area contributed by atoms with E-state index in [1.165, 1.54) is 6.33 Å². The van der Waals surface area contributed by atoms with Gasteiger partial charge in [0.05, 0.1) is 10.9 Å². The molecule has 4 aromatic rings. The number of H-pyrrole nitrogens is 1. The fourth-order valence-corrected chi connectivity index (χ4v) is 3.32. The number of nitriles is 1. The topological polar surface area (TPSA) is 70.3 Å². The monoisotopic (exact) mass is 425 g/mol. The molecule has 0 spiro atoms. The van der Waals surface area contributed by atoms with E-state index in [2.05, 4.69) is 68.7 Å². The maximum Gasteiger partial charge on any atom is 0.149 e. The maximum atomic E-state index is 9.57. The summed E-state index contributed by atoms with van der Waals surface area (Å²) in [4.78, 5) is 11.7. The van der Waals surface area contributed by atoms with E-state index in [0.717, 1.165) is 37.1 Å². The molecule has 0 radical (unpaired) electrons. The van der Waals surface area contributed by atoms with Crippen LogP contribution in [0.1, 0.15) is 11.1 Å². The summed E-state index contributed by atoms with van der Waals surface area (Å²) in [5, 5.41) is 10.5. The number of hydrogen-bond acceptors (Lipinski definition) is 3. The first-order chi connectivity index (χ1) is 11.7. The van der Waals surface area contributed by atoms with Crippen LogP contribution in [0.15, 0.2) is 49.2 Å². The van der Waals surface area contributed by atoms with E-state index in [1.807, 2.05) is 29.2 Å². The Morgan fingerprint density at radius 1 is 1.17 bits per heavy atom. The van der Waals surface area contributed by atoms with Gasteiger partial charge in [-0.25, -0.2) is 9.97 Å². The molecule has 116 valence electrons. The van der Waals surface area contributed by atoms with Gasteiger partial charge in [0, 0.05) is 27.7 Å². The highest BCUT2D eigenvalue weighted by Crippen LogP contribution is 2.31. The van der Waals surface area contributed by atoms with Crippen LogP contribution in [0.5, 0.6) is 0 Å². The average molecular weight is 425 g/mol. The highest BCUT2D eigenvalue weighted by Gasteiger charge is 2.14. The maximum absolute atomic E-state index is 9.57. The van der Waals surface area contributed by atoms with E-state index in [4.69, 9.17) is 0 Å². The van der Waals surface area contributed by atoms with Crippen molar-refractivity contribution >= 4 is 33.6 Å². The first kappa shape index (κ1) is 14.9. The number of nitrogens with one attached hydrogen (secondary N) is 1. The third-order valence-electron chi connectivity index (χ3n) is 4.01. The molecule has 0 unspecified atom stereocenters. The van der Waals surface area contributed by atoms with Gasteiger partial charge in [-0.3, -0.25) is 0 Å². The zero-order valence-electron chi connectivity index (χ0n) is 12.8. The molecule has 0 aliphatic heterocycles. The van der Waals surface area contributed by atoms with Crippen molar-refractivity contribution in [1.29, 1.82) is 5.26 Å². The highest BCUT2D eigenvalue weighted by molar-refractivity contribution is 14.1. The van der Waals surface area contributed by atoms with Crippen LogP contribution in [0.25, 0.3) is 28.0 Å². The lowest BCUT2D eigenvalue weighted by molar-refractivity contribution is 1.00. The minimum absolute atomic E-state index is 0.627. The third kappa shape index (κ3) is 2.37. The molecule has 1 aromatic carbocycles. The highest BCUT2D eigenvalue weighted by atomic mass is 127. The molecule has 0 atom stereocenters. The largest absolute Gasteiger partial charge is 0.346 e. The van der Waals surface area contributed by atoms with Gasteiger partial charge in [0.1, 0.15) is 23.9 Å². The summed E-state index contributed by atoms with van der Waals surface area (Å²) >= 11 is 2.29. The van der Waals surface area contributed by atoms with Gasteiger partial charge in [0.15, 0.2) is 0 Å². The van der Waals surface area contributed by atoms with Crippen LogP contribution in [0, 0.1) is 21.8 Å². The van der Waals surface area contributed by atoms with Gasteiger partial charge in [-0.15, -0.1) is 0 Å². The van der Waals surface area contributed by atoms with Crippen molar-refractivity contribution in [3.05, 3.63) is 63.9 Å². The Labute approximate surface area is 152 Å². The van der Waals surface area contributed by atoms with E-state index >= 15 is 0 Å². The Hall–Kier alpha value is -2.66. The van der Waals surface area contributed by atoms with E-state index in [0.29, 0.717) is 5.56 Å². The first-order valence-electron chi connectivity index (χ1n) is 7.34. The Morgan fingerprint density at radius 3 is 2.88 bits per heavy atom. The minimum atomic E-state index is 0.627. The van der Waals surface area contributed by atoms with Crippen molar-refractivity contribution < 1.29 is 0 Å². The molecule has 0 bridgehead atoms. The standard InChI is InChI=1S/C18H12IN5/c1-11-2-3-13(19)6-15(11)16-9-24(8-12(16)7-20)18-14-4-5-21-17(14)22-10-23-18/h2-6,8-10H,1H3,(H,21,22,23). The quantitative estimate of drug-likeness (QED) is 0.490. The summed E-state index contributed by atoms with van der Waals surface area (Å²) < 4.78 is 3.03. The molecule has 3 aromatic heterocycles. The Kier molecular flexibility index (Phi) is 3.58. The summed E-state index contributed by atoms with van der Waals surface area (Å²) in [5.41, 5.74) is 4.52. The van der Waals surface area contributed by atoms with Crippen molar-refractivity contribution in [3.8, 4) is 23.0 Å². The fourth-order valence-electron chi connectivity index (χ4n) is 2.83. The number of rotatable bonds is 2. The molecule has 0 saturated heterocycles. The minimum Gasteiger partial charge on any atom is -0.346 e. The first-order valence-corrected chi connectivity index (χ1v) is 8.42. The normalized spacial score (nSPS) is 10.9. The van der Waals surface area contributed by atoms with Crippen LogP contribution in [-0.2, 0) is 0 Å². The molecular formula is C18H12IN5. The summed E-state index contributed by atoms with van der Waals surface area (Å²) in [6.07, 6.45) is 7.15. The van der Waals surface area contributed by atoms with E-state index in [-0.39, 0.29) is 0 Å². The number of hydrogen-bond donors (Lipinski definition) is 1. The Bertz CT molecular complexity index is 1100. The van der Waals surface area contributed by atoms with Crippen LogP contribution in [0.4, 0.5) is 0 Å². The van der Waals surface area contributed by atoms with Gasteiger partial charge in [0.25, 0.3) is 0 Å². The number of benzene rings is 1. The third-order valence-corrected chi connectivity index (χ3v) is 4.69. The second-order valence-corrected chi connectivity index (χ2v) is 6.75. The summed E-state index contributed by atoms with van der Waals surface area (Å²) in [7, 11) is 0. The predicted octanol–water partition coefficient (Wildman–Crippen LogP) is 4.20. The van der Waals surface area contributed by atoms with Gasteiger partial charge in [0.2, 0.25) is 0 Å². The van der Waals surface area contributed by atoms with Gasteiger partial charge in [-0.05, 0) is 58.8 Å². The molecule has 3 heterocycles. The van der Waals surface area contributed by atoms with E-state index in [1.54, 1.807) is 0 Å². The van der Waals surface area contributed by atoms with E-state index in [9.17, 15) is 5.26 Å². The van der Waals surface area contributed by atoms with Gasteiger partial charge in [-0.1, -0.05) is 6.07 Å². The molecule has 0 saturated carbocycles. The average Bonchev–Trinajstić information content (AvgIpc) is 3.23. The molecule has 0 amide bonds. The fraction of sp³-hybridized carbons (Fsp3) is 0.0556. The SMILES string of the molecule is Cc1ccc(I)cc1-c1cn(-c2ncnc3[nH]ccc23)cc1C#N. The molecule has 1 N–H and O–H groups in total. The summed E-state index contributed by atoms with van der Waals surface area (Å²) in [5.74, 6) is 0.757. The summed E-state index contributed by atoms with van der Waals surface area (Å²) in [6.45, 7) is 2.05. The molecule has 0 fully saturated rings.